The van der Waals surface area contributed by atoms with E-state index >= 15 is 0 Å². The summed E-state index contributed by atoms with van der Waals surface area (Å²) >= 11 is 0. The van der Waals surface area contributed by atoms with Gasteiger partial charge in [0, 0.05) is 6.04 Å². The number of rotatable bonds is 5. The van der Waals surface area contributed by atoms with E-state index in [4.69, 9.17) is 0 Å². The second-order valence-corrected chi connectivity index (χ2v) is 5.32. The first-order valence-corrected chi connectivity index (χ1v) is 6.43. The van der Waals surface area contributed by atoms with Crippen LogP contribution in [0.3, 0.4) is 0 Å². The maximum Gasteiger partial charge on any atom is 0.00669 e. The zero-order chi connectivity index (χ0) is 10.4. The van der Waals surface area contributed by atoms with Crippen molar-refractivity contribution in [1.29, 1.82) is 0 Å². The lowest BCUT2D eigenvalue weighted by atomic mass is 9.84. The Morgan fingerprint density at radius 1 is 1.07 bits per heavy atom. The van der Waals surface area contributed by atoms with Crippen molar-refractivity contribution < 1.29 is 0 Å². The lowest BCUT2D eigenvalue weighted by Crippen LogP contribution is -2.35. The average molecular weight is 197 g/mol. The minimum absolute atomic E-state index is 0.744. The Balaban J connectivity index is 2.10. The lowest BCUT2D eigenvalue weighted by Gasteiger charge is -2.28. The van der Waals surface area contributed by atoms with Crippen LogP contribution < -0.4 is 5.32 Å². The van der Waals surface area contributed by atoms with Gasteiger partial charge in [-0.05, 0) is 44.6 Å². The molecule has 1 aliphatic rings. The van der Waals surface area contributed by atoms with Gasteiger partial charge in [-0.2, -0.15) is 0 Å². The van der Waals surface area contributed by atoms with Crippen molar-refractivity contribution >= 4 is 0 Å². The normalized spacial score (nSPS) is 21.4. The van der Waals surface area contributed by atoms with Gasteiger partial charge in [-0.15, -0.1) is 0 Å². The zero-order valence-electron chi connectivity index (χ0n) is 10.2. The Morgan fingerprint density at radius 2 is 1.71 bits per heavy atom. The van der Waals surface area contributed by atoms with Crippen LogP contribution in [-0.4, -0.2) is 12.6 Å². The quantitative estimate of drug-likeness (QED) is 0.710. The molecule has 0 aromatic heterocycles. The molecule has 0 aromatic rings. The first-order chi connectivity index (χ1) is 6.70. The van der Waals surface area contributed by atoms with E-state index in [9.17, 15) is 0 Å². The van der Waals surface area contributed by atoms with E-state index in [-0.39, 0.29) is 0 Å². The van der Waals surface area contributed by atoms with Gasteiger partial charge < -0.3 is 5.32 Å². The minimum atomic E-state index is 0.744. The van der Waals surface area contributed by atoms with Crippen LogP contribution >= 0.6 is 0 Å². The van der Waals surface area contributed by atoms with Crippen LogP contribution in [0.2, 0.25) is 0 Å². The van der Waals surface area contributed by atoms with Crippen LogP contribution in [0.15, 0.2) is 0 Å². The van der Waals surface area contributed by atoms with Crippen molar-refractivity contribution in [3.05, 3.63) is 0 Å². The fourth-order valence-electron chi connectivity index (χ4n) is 2.40. The Kier molecular flexibility index (Phi) is 5.54. The van der Waals surface area contributed by atoms with Gasteiger partial charge in [-0.1, -0.05) is 33.1 Å². The topological polar surface area (TPSA) is 12.0 Å². The molecular formula is C13H27N. The smallest absolute Gasteiger partial charge is 0.00669 e. The van der Waals surface area contributed by atoms with Gasteiger partial charge in [0.1, 0.15) is 0 Å². The van der Waals surface area contributed by atoms with Crippen LogP contribution in [0.1, 0.15) is 59.3 Å². The second-order valence-electron chi connectivity index (χ2n) is 5.32. The van der Waals surface area contributed by atoms with E-state index in [0.717, 1.165) is 17.9 Å². The molecular weight excluding hydrogens is 170 g/mol. The summed E-state index contributed by atoms with van der Waals surface area (Å²) in [5.41, 5.74) is 0. The van der Waals surface area contributed by atoms with Gasteiger partial charge in [0.05, 0.1) is 0 Å². The van der Waals surface area contributed by atoms with Crippen LogP contribution in [0.4, 0.5) is 0 Å². The highest BCUT2D eigenvalue weighted by atomic mass is 14.9. The molecule has 1 unspecified atom stereocenters. The molecule has 0 spiro atoms. The molecule has 1 heteroatoms. The maximum absolute atomic E-state index is 3.68. The highest BCUT2D eigenvalue weighted by molar-refractivity contribution is 4.75. The van der Waals surface area contributed by atoms with Crippen LogP contribution in [0.25, 0.3) is 0 Å². The summed E-state index contributed by atoms with van der Waals surface area (Å²) in [5, 5.41) is 3.68. The third kappa shape index (κ3) is 4.45. The molecule has 14 heavy (non-hydrogen) atoms. The largest absolute Gasteiger partial charge is 0.314 e. The highest BCUT2D eigenvalue weighted by Crippen LogP contribution is 2.26. The second kappa shape index (κ2) is 6.44. The van der Waals surface area contributed by atoms with E-state index in [1.165, 1.54) is 45.1 Å². The van der Waals surface area contributed by atoms with Crippen molar-refractivity contribution in [2.24, 2.45) is 11.8 Å². The molecule has 1 nitrogen and oxygen atoms in total. The third-order valence-electron chi connectivity index (χ3n) is 3.54. The number of nitrogens with one attached hydrogen (secondary N) is 1. The van der Waals surface area contributed by atoms with Crippen molar-refractivity contribution in [3.63, 3.8) is 0 Å². The first kappa shape index (κ1) is 12.0. The predicted octanol–water partition coefficient (Wildman–Crippen LogP) is 3.59. The van der Waals surface area contributed by atoms with Gasteiger partial charge >= 0.3 is 0 Å². The van der Waals surface area contributed by atoms with E-state index in [2.05, 4.69) is 26.1 Å². The Morgan fingerprint density at radius 3 is 2.29 bits per heavy atom. The van der Waals surface area contributed by atoms with Gasteiger partial charge in [-0.25, -0.2) is 0 Å². The summed E-state index contributed by atoms with van der Waals surface area (Å²) in [6, 6.07) is 0.744. The summed E-state index contributed by atoms with van der Waals surface area (Å²) in [6.45, 7) is 8.17. The molecule has 0 bridgehead atoms. The van der Waals surface area contributed by atoms with Crippen molar-refractivity contribution in [3.8, 4) is 0 Å². The fourth-order valence-corrected chi connectivity index (χ4v) is 2.40. The molecule has 1 atom stereocenters. The van der Waals surface area contributed by atoms with E-state index in [0.29, 0.717) is 0 Å². The van der Waals surface area contributed by atoms with Gasteiger partial charge in [0.25, 0.3) is 0 Å². The van der Waals surface area contributed by atoms with Gasteiger partial charge in [0.2, 0.25) is 0 Å². The minimum Gasteiger partial charge on any atom is -0.314 e. The molecule has 0 saturated heterocycles. The van der Waals surface area contributed by atoms with E-state index in [1.54, 1.807) is 0 Å². The summed E-state index contributed by atoms with van der Waals surface area (Å²) in [7, 11) is 0. The molecule has 1 fully saturated rings. The molecule has 0 aliphatic heterocycles. The molecule has 1 N–H and O–H groups in total. The first-order valence-electron chi connectivity index (χ1n) is 6.43. The molecule has 0 radical (unpaired) electrons. The van der Waals surface area contributed by atoms with Crippen LogP contribution in [-0.2, 0) is 0 Å². The van der Waals surface area contributed by atoms with Gasteiger partial charge in [0.15, 0.2) is 0 Å². The molecule has 1 aliphatic carbocycles. The van der Waals surface area contributed by atoms with E-state index in [1.807, 2.05) is 0 Å². The predicted molar refractivity (Wildman–Crippen MR) is 63.5 cm³/mol. The molecule has 1 saturated carbocycles. The Bertz CT molecular complexity index is 136. The molecule has 0 heterocycles. The number of hydrogen-bond donors (Lipinski definition) is 1. The van der Waals surface area contributed by atoms with Crippen LogP contribution in [0.5, 0.6) is 0 Å². The maximum atomic E-state index is 3.68. The fraction of sp³-hybridized carbons (Fsp3) is 1.00. The van der Waals surface area contributed by atoms with Crippen molar-refractivity contribution in [2.45, 2.75) is 65.3 Å². The van der Waals surface area contributed by atoms with Gasteiger partial charge in [-0.3, -0.25) is 0 Å². The lowest BCUT2D eigenvalue weighted by molar-refractivity contribution is 0.278. The average Bonchev–Trinajstić information content (AvgIpc) is 2.18. The Hall–Kier alpha value is -0.0400. The Labute approximate surface area is 89.7 Å². The summed E-state index contributed by atoms with van der Waals surface area (Å²) < 4.78 is 0. The summed E-state index contributed by atoms with van der Waals surface area (Å²) in [5.74, 6) is 1.79. The highest BCUT2D eigenvalue weighted by Gasteiger charge is 2.19. The standard InChI is InChI=1S/C13H27N/c1-11(2)9-10-14-12(3)13-7-5-4-6-8-13/h11-14H,4-10H2,1-3H3. The van der Waals surface area contributed by atoms with Crippen molar-refractivity contribution in [2.75, 3.05) is 6.54 Å². The van der Waals surface area contributed by atoms with Crippen molar-refractivity contribution in [1.82, 2.24) is 5.32 Å². The monoisotopic (exact) mass is 197 g/mol. The molecule has 0 aromatic carbocycles. The van der Waals surface area contributed by atoms with E-state index < -0.39 is 0 Å². The summed E-state index contributed by atoms with van der Waals surface area (Å²) in [4.78, 5) is 0. The summed E-state index contributed by atoms with van der Waals surface area (Å²) in [6.07, 6.45) is 8.61. The molecule has 84 valence electrons. The molecule has 1 rings (SSSR count). The molecule has 0 amide bonds. The van der Waals surface area contributed by atoms with Crippen LogP contribution in [0, 0.1) is 11.8 Å². The SMILES string of the molecule is CC(C)CCNC(C)C1CCCCC1. The third-order valence-corrected chi connectivity index (χ3v) is 3.54. The number of hydrogen-bond acceptors (Lipinski definition) is 1. The zero-order valence-corrected chi connectivity index (χ0v) is 10.2.